The molecule has 2 aliphatic rings. The van der Waals surface area contributed by atoms with Gasteiger partial charge in [0.15, 0.2) is 5.13 Å². The summed E-state index contributed by atoms with van der Waals surface area (Å²) in [4.78, 5) is 12.1. The SMILES string of the molecule is CC1(C(=O)NC2CC(CN)(c3ccccc3)C2)CC1(F)Cl. The predicted molar refractivity (Wildman–Crippen MR) is 80.8 cm³/mol. The third-order valence-electron chi connectivity index (χ3n) is 5.15. The third kappa shape index (κ3) is 2.25. The van der Waals surface area contributed by atoms with E-state index in [9.17, 15) is 9.18 Å². The molecule has 0 heterocycles. The maximum absolute atomic E-state index is 13.6. The Bertz CT molecular complexity index is 557. The quantitative estimate of drug-likeness (QED) is 0.839. The van der Waals surface area contributed by atoms with E-state index >= 15 is 0 Å². The highest BCUT2D eigenvalue weighted by Gasteiger charge is 2.70. The van der Waals surface area contributed by atoms with Crippen molar-refractivity contribution in [3.8, 4) is 0 Å². The molecule has 114 valence electrons. The Hall–Kier alpha value is -1.13. The van der Waals surface area contributed by atoms with E-state index in [1.54, 1.807) is 6.92 Å². The zero-order valence-electron chi connectivity index (χ0n) is 12.0. The summed E-state index contributed by atoms with van der Waals surface area (Å²) in [7, 11) is 0. The monoisotopic (exact) mass is 310 g/mol. The fourth-order valence-electron chi connectivity index (χ4n) is 3.29. The van der Waals surface area contributed by atoms with Gasteiger partial charge in [-0.05, 0) is 25.3 Å². The lowest BCUT2D eigenvalue weighted by atomic mass is 9.61. The number of hydrogen-bond donors (Lipinski definition) is 2. The number of nitrogens with one attached hydrogen (secondary N) is 1. The highest BCUT2D eigenvalue weighted by atomic mass is 35.5. The van der Waals surface area contributed by atoms with Crippen molar-refractivity contribution in [2.75, 3.05) is 6.54 Å². The fourth-order valence-corrected chi connectivity index (χ4v) is 3.64. The van der Waals surface area contributed by atoms with E-state index in [-0.39, 0.29) is 23.8 Å². The number of nitrogens with two attached hydrogens (primary N) is 1. The van der Waals surface area contributed by atoms with Gasteiger partial charge in [-0.2, -0.15) is 0 Å². The van der Waals surface area contributed by atoms with Crippen molar-refractivity contribution in [1.29, 1.82) is 0 Å². The lowest BCUT2D eigenvalue weighted by Gasteiger charge is -2.48. The first-order valence-corrected chi connectivity index (χ1v) is 7.65. The Labute approximate surface area is 129 Å². The van der Waals surface area contributed by atoms with Crippen LogP contribution in [-0.2, 0) is 10.2 Å². The second kappa shape index (κ2) is 4.68. The van der Waals surface area contributed by atoms with Gasteiger partial charge in [-0.1, -0.05) is 41.9 Å². The Balaban J connectivity index is 1.62. The number of benzene rings is 1. The molecular weight excluding hydrogens is 291 g/mol. The molecule has 3 rings (SSSR count). The van der Waals surface area contributed by atoms with Crippen LogP contribution in [0.15, 0.2) is 30.3 Å². The van der Waals surface area contributed by atoms with Crippen LogP contribution in [0.25, 0.3) is 0 Å². The van der Waals surface area contributed by atoms with Gasteiger partial charge in [0, 0.05) is 24.4 Å². The highest BCUT2D eigenvalue weighted by molar-refractivity contribution is 6.28. The number of carbonyl (C=O) groups is 1. The van der Waals surface area contributed by atoms with E-state index < -0.39 is 10.5 Å². The summed E-state index contributed by atoms with van der Waals surface area (Å²) >= 11 is 5.62. The van der Waals surface area contributed by atoms with E-state index in [0.29, 0.717) is 6.54 Å². The molecule has 5 heteroatoms. The van der Waals surface area contributed by atoms with Crippen molar-refractivity contribution in [3.05, 3.63) is 35.9 Å². The molecule has 3 N–H and O–H groups in total. The molecule has 2 aliphatic carbocycles. The number of amides is 1. The van der Waals surface area contributed by atoms with E-state index in [4.69, 9.17) is 17.3 Å². The first kappa shape index (κ1) is 14.8. The van der Waals surface area contributed by atoms with Gasteiger partial charge >= 0.3 is 0 Å². The molecule has 0 saturated heterocycles. The molecule has 1 aromatic rings. The summed E-state index contributed by atoms with van der Waals surface area (Å²) < 4.78 is 13.6. The van der Waals surface area contributed by atoms with Crippen LogP contribution in [0.2, 0.25) is 0 Å². The minimum absolute atomic E-state index is 0.0474. The van der Waals surface area contributed by atoms with Crippen LogP contribution < -0.4 is 11.1 Å². The Morgan fingerprint density at radius 3 is 2.48 bits per heavy atom. The van der Waals surface area contributed by atoms with E-state index in [2.05, 4.69) is 17.4 Å². The molecule has 2 unspecified atom stereocenters. The Morgan fingerprint density at radius 2 is 2.00 bits per heavy atom. The molecule has 2 fully saturated rings. The molecule has 1 amide bonds. The molecule has 21 heavy (non-hydrogen) atoms. The minimum Gasteiger partial charge on any atom is -0.353 e. The number of carbonyl (C=O) groups excluding carboxylic acids is 1. The van der Waals surface area contributed by atoms with Gasteiger partial charge in [0.25, 0.3) is 0 Å². The summed E-state index contributed by atoms with van der Waals surface area (Å²) in [5, 5.41) is 1.03. The van der Waals surface area contributed by atoms with Crippen LogP contribution in [-0.4, -0.2) is 23.6 Å². The van der Waals surface area contributed by atoms with Crippen molar-refractivity contribution in [2.45, 2.75) is 42.8 Å². The summed E-state index contributed by atoms with van der Waals surface area (Å²) in [6.45, 7) is 2.12. The zero-order valence-corrected chi connectivity index (χ0v) is 12.8. The van der Waals surface area contributed by atoms with Crippen molar-refractivity contribution in [1.82, 2.24) is 5.32 Å². The normalized spacial score (nSPS) is 41.2. The number of rotatable bonds is 4. The average Bonchev–Trinajstić information content (AvgIpc) is 2.94. The number of alkyl halides is 2. The fraction of sp³-hybridized carbons (Fsp3) is 0.562. The van der Waals surface area contributed by atoms with Crippen LogP contribution >= 0.6 is 11.6 Å². The van der Waals surface area contributed by atoms with E-state index in [0.717, 1.165) is 12.8 Å². The van der Waals surface area contributed by atoms with Crippen molar-refractivity contribution in [2.24, 2.45) is 11.1 Å². The highest BCUT2D eigenvalue weighted by Crippen LogP contribution is 2.62. The van der Waals surface area contributed by atoms with Gasteiger partial charge in [-0.15, -0.1) is 0 Å². The van der Waals surface area contributed by atoms with E-state index in [1.165, 1.54) is 5.56 Å². The molecule has 0 bridgehead atoms. The van der Waals surface area contributed by atoms with Crippen molar-refractivity contribution in [3.63, 3.8) is 0 Å². The maximum Gasteiger partial charge on any atom is 0.230 e. The first-order valence-electron chi connectivity index (χ1n) is 7.27. The second-order valence-corrected chi connectivity index (χ2v) is 7.24. The van der Waals surface area contributed by atoms with Crippen LogP contribution in [0, 0.1) is 5.41 Å². The predicted octanol–water partition coefficient (Wildman–Crippen LogP) is 2.48. The molecule has 0 radical (unpaired) electrons. The summed E-state index contributed by atoms with van der Waals surface area (Å²) in [5.74, 6) is -0.288. The molecule has 2 atom stereocenters. The standard InChI is InChI=1S/C16H20ClFN2O/c1-14(9-16(14,17)18)13(21)20-12-7-15(8-12,10-19)11-5-3-2-4-6-11/h2-6,12H,7-10,19H2,1H3,(H,20,21). The number of halogens is 2. The van der Waals surface area contributed by atoms with Gasteiger partial charge in [0.2, 0.25) is 5.91 Å². The van der Waals surface area contributed by atoms with Crippen LogP contribution in [0.3, 0.4) is 0 Å². The first-order chi connectivity index (χ1) is 9.83. The van der Waals surface area contributed by atoms with Gasteiger partial charge < -0.3 is 11.1 Å². The van der Waals surface area contributed by atoms with Crippen LogP contribution in [0.4, 0.5) is 4.39 Å². The van der Waals surface area contributed by atoms with E-state index in [1.807, 2.05) is 18.2 Å². The Morgan fingerprint density at radius 1 is 1.43 bits per heavy atom. The minimum atomic E-state index is -1.88. The van der Waals surface area contributed by atoms with Crippen molar-refractivity contribution < 1.29 is 9.18 Å². The second-order valence-electron chi connectivity index (χ2n) is 6.64. The van der Waals surface area contributed by atoms with Crippen molar-refractivity contribution >= 4 is 17.5 Å². The molecule has 0 aromatic heterocycles. The topological polar surface area (TPSA) is 55.1 Å². The molecule has 2 saturated carbocycles. The molecule has 0 spiro atoms. The third-order valence-corrected chi connectivity index (χ3v) is 5.70. The molecular formula is C16H20ClFN2O. The average molecular weight is 311 g/mol. The summed E-state index contributed by atoms with van der Waals surface area (Å²) in [6.07, 6.45) is 1.66. The summed E-state index contributed by atoms with van der Waals surface area (Å²) in [6, 6.07) is 10.1. The lowest BCUT2D eigenvalue weighted by Crippen LogP contribution is -2.57. The zero-order chi connectivity index (χ0) is 15.3. The molecule has 1 aromatic carbocycles. The number of hydrogen-bond acceptors (Lipinski definition) is 2. The largest absolute Gasteiger partial charge is 0.353 e. The lowest BCUT2D eigenvalue weighted by molar-refractivity contribution is -0.128. The van der Waals surface area contributed by atoms with Crippen LogP contribution in [0.5, 0.6) is 0 Å². The van der Waals surface area contributed by atoms with Gasteiger partial charge in [-0.3, -0.25) is 4.79 Å². The van der Waals surface area contributed by atoms with Crippen LogP contribution in [0.1, 0.15) is 31.7 Å². The maximum atomic E-state index is 13.6. The van der Waals surface area contributed by atoms with Gasteiger partial charge in [0.05, 0.1) is 5.41 Å². The molecule has 0 aliphatic heterocycles. The molecule has 3 nitrogen and oxygen atoms in total. The summed E-state index contributed by atoms with van der Waals surface area (Å²) in [5.41, 5.74) is 5.99. The smallest absolute Gasteiger partial charge is 0.230 e. The Kier molecular flexibility index (Phi) is 3.30. The van der Waals surface area contributed by atoms with Gasteiger partial charge in [0.1, 0.15) is 0 Å². The van der Waals surface area contributed by atoms with Gasteiger partial charge in [-0.25, -0.2) is 4.39 Å².